The van der Waals surface area contributed by atoms with E-state index >= 15 is 0 Å². The van der Waals surface area contributed by atoms with Crippen molar-refractivity contribution in [2.24, 2.45) is 17.3 Å². The summed E-state index contributed by atoms with van der Waals surface area (Å²) in [5.41, 5.74) is -1.71. The molecular weight excluding hydrogens is 646 g/mol. The third kappa shape index (κ3) is 10.7. The maximum absolute atomic E-state index is 14.4. The standard InChI is InChI=1S/C36H63N5O7S/c1-10-11-15-26(28(42)31(44)37-24-16-17-24)38-30(43)27-25(23(2)3)18-21-41(27)32(45)29(34(4,5)6)39-33(46)40-36(19-13-12-14-20-36)22-49(47,48)35(7,8)9/h23-27,29H,10-22H2,1-9H3,(H,37,44)(H,38,43)(H2,39,40,46)/t25?,26?,27-,29+/m0/s1. The second-order valence-corrected chi connectivity index (χ2v) is 19.8. The number of urea groups is 1. The highest BCUT2D eigenvalue weighted by molar-refractivity contribution is 7.92. The van der Waals surface area contributed by atoms with E-state index in [-0.39, 0.29) is 23.6 Å². The molecule has 5 amide bonds. The van der Waals surface area contributed by atoms with Gasteiger partial charge in [-0.2, -0.15) is 0 Å². The number of likely N-dealkylation sites (tertiary alicyclic amines) is 1. The van der Waals surface area contributed by atoms with E-state index in [2.05, 4.69) is 21.3 Å². The molecule has 0 radical (unpaired) electrons. The van der Waals surface area contributed by atoms with Gasteiger partial charge in [0.2, 0.25) is 17.6 Å². The molecule has 2 saturated carbocycles. The maximum Gasteiger partial charge on any atom is 0.315 e. The molecule has 1 saturated heterocycles. The Morgan fingerprint density at radius 2 is 1.51 bits per heavy atom. The summed E-state index contributed by atoms with van der Waals surface area (Å²) in [6.45, 7) is 16.7. The van der Waals surface area contributed by atoms with Gasteiger partial charge in [-0.1, -0.05) is 73.6 Å². The van der Waals surface area contributed by atoms with E-state index in [4.69, 9.17) is 0 Å². The minimum Gasteiger partial charge on any atom is -0.347 e. The lowest BCUT2D eigenvalue weighted by Gasteiger charge is -2.41. The molecule has 0 aromatic carbocycles. The summed E-state index contributed by atoms with van der Waals surface area (Å²) in [7, 11) is -3.56. The summed E-state index contributed by atoms with van der Waals surface area (Å²) in [5.74, 6) is -2.63. The zero-order valence-corrected chi connectivity index (χ0v) is 32.2. The van der Waals surface area contributed by atoms with Gasteiger partial charge in [-0.3, -0.25) is 19.2 Å². The van der Waals surface area contributed by atoms with Gasteiger partial charge in [0.25, 0.3) is 5.91 Å². The van der Waals surface area contributed by atoms with Crippen LogP contribution in [0, 0.1) is 17.3 Å². The van der Waals surface area contributed by atoms with Crippen molar-refractivity contribution >= 4 is 39.4 Å². The molecule has 13 heteroatoms. The first-order valence-corrected chi connectivity index (χ1v) is 20.0. The molecule has 1 aliphatic heterocycles. The zero-order valence-electron chi connectivity index (χ0n) is 31.4. The van der Waals surface area contributed by atoms with Crippen LogP contribution in [0.2, 0.25) is 0 Å². The number of nitrogens with zero attached hydrogens (tertiary/aromatic N) is 1. The molecule has 2 unspecified atom stereocenters. The first-order chi connectivity index (χ1) is 22.6. The summed E-state index contributed by atoms with van der Waals surface area (Å²) >= 11 is 0. The molecule has 3 aliphatic rings. The van der Waals surface area contributed by atoms with Crippen molar-refractivity contribution < 1.29 is 32.4 Å². The summed E-state index contributed by atoms with van der Waals surface area (Å²) in [5, 5.41) is 11.5. The van der Waals surface area contributed by atoms with E-state index in [9.17, 15) is 32.4 Å². The van der Waals surface area contributed by atoms with Crippen LogP contribution < -0.4 is 21.3 Å². The van der Waals surface area contributed by atoms with Crippen molar-refractivity contribution in [1.82, 2.24) is 26.2 Å². The molecule has 0 aromatic heterocycles. The van der Waals surface area contributed by atoms with E-state index in [1.54, 1.807) is 20.8 Å². The van der Waals surface area contributed by atoms with E-state index in [1.165, 1.54) is 4.90 Å². The minimum absolute atomic E-state index is 0.00200. The number of ketones is 1. The van der Waals surface area contributed by atoms with Gasteiger partial charge in [0.05, 0.1) is 22.1 Å². The number of carbonyl (C=O) groups is 5. The van der Waals surface area contributed by atoms with Crippen LogP contribution in [-0.2, 0) is 29.0 Å². The lowest BCUT2D eigenvalue weighted by molar-refractivity contribution is -0.145. The van der Waals surface area contributed by atoms with E-state index in [0.717, 1.165) is 38.5 Å². The van der Waals surface area contributed by atoms with Crippen molar-refractivity contribution in [2.45, 2.75) is 167 Å². The monoisotopic (exact) mass is 709 g/mol. The quantitative estimate of drug-likeness (QED) is 0.198. The topological polar surface area (TPSA) is 171 Å². The normalized spacial score (nSPS) is 22.6. The highest BCUT2D eigenvalue weighted by atomic mass is 32.2. The maximum atomic E-state index is 14.4. The average Bonchev–Trinajstić information content (AvgIpc) is 3.68. The van der Waals surface area contributed by atoms with Gasteiger partial charge in [-0.05, 0) is 76.5 Å². The second kappa shape index (κ2) is 16.1. The predicted molar refractivity (Wildman–Crippen MR) is 190 cm³/mol. The van der Waals surface area contributed by atoms with Crippen LogP contribution >= 0.6 is 0 Å². The predicted octanol–water partition coefficient (Wildman–Crippen LogP) is 4.01. The third-order valence-electron chi connectivity index (χ3n) is 10.4. The molecule has 12 nitrogen and oxygen atoms in total. The highest BCUT2D eigenvalue weighted by Gasteiger charge is 2.49. The van der Waals surface area contributed by atoms with Gasteiger partial charge in [-0.25, -0.2) is 13.2 Å². The van der Waals surface area contributed by atoms with Crippen LogP contribution in [0.4, 0.5) is 4.79 Å². The number of nitrogens with one attached hydrogen (secondary N) is 4. The number of sulfone groups is 1. The highest BCUT2D eigenvalue weighted by Crippen LogP contribution is 2.35. The smallest absolute Gasteiger partial charge is 0.315 e. The molecule has 1 heterocycles. The van der Waals surface area contributed by atoms with Crippen LogP contribution in [0.5, 0.6) is 0 Å². The molecule has 3 fully saturated rings. The van der Waals surface area contributed by atoms with Crippen molar-refractivity contribution in [1.29, 1.82) is 0 Å². The number of unbranched alkanes of at least 4 members (excludes halogenated alkanes) is 1. The summed E-state index contributed by atoms with van der Waals surface area (Å²) < 4.78 is 25.6. The molecular formula is C36H63N5O7S. The molecule has 3 rings (SSSR count). The Morgan fingerprint density at radius 1 is 0.898 bits per heavy atom. The number of hydrogen-bond acceptors (Lipinski definition) is 7. The van der Waals surface area contributed by atoms with Gasteiger partial charge in [0, 0.05) is 12.6 Å². The molecule has 2 aliphatic carbocycles. The largest absolute Gasteiger partial charge is 0.347 e. The number of amides is 5. The van der Waals surface area contributed by atoms with E-state index in [1.807, 2.05) is 41.5 Å². The van der Waals surface area contributed by atoms with Crippen LogP contribution in [-0.4, -0.2) is 89.6 Å². The van der Waals surface area contributed by atoms with Gasteiger partial charge >= 0.3 is 6.03 Å². The Labute approximate surface area is 294 Å². The fourth-order valence-corrected chi connectivity index (χ4v) is 8.53. The Balaban J connectivity index is 1.85. The number of rotatable bonds is 14. The van der Waals surface area contributed by atoms with Crippen molar-refractivity contribution in [3.8, 4) is 0 Å². The van der Waals surface area contributed by atoms with Crippen molar-refractivity contribution in [3.05, 3.63) is 0 Å². The molecule has 0 bridgehead atoms. The molecule has 0 aromatic rings. The first kappa shape index (κ1) is 40.7. The average molecular weight is 710 g/mol. The molecule has 280 valence electrons. The van der Waals surface area contributed by atoms with Crippen LogP contribution in [0.1, 0.15) is 133 Å². The van der Waals surface area contributed by atoms with Crippen molar-refractivity contribution in [2.75, 3.05) is 12.3 Å². The fraction of sp³-hybridized carbons (Fsp3) is 0.861. The fourth-order valence-electron chi connectivity index (χ4n) is 7.01. The van der Waals surface area contributed by atoms with Crippen LogP contribution in [0.3, 0.4) is 0 Å². The lowest BCUT2D eigenvalue weighted by atomic mass is 9.83. The second-order valence-electron chi connectivity index (χ2n) is 17.1. The van der Waals surface area contributed by atoms with E-state index < -0.39 is 73.2 Å². The van der Waals surface area contributed by atoms with Crippen LogP contribution in [0.15, 0.2) is 0 Å². The van der Waals surface area contributed by atoms with Crippen LogP contribution in [0.25, 0.3) is 0 Å². The molecule has 4 N–H and O–H groups in total. The third-order valence-corrected chi connectivity index (χ3v) is 13.2. The zero-order chi connectivity index (χ0) is 36.9. The minimum atomic E-state index is -3.56. The Morgan fingerprint density at radius 3 is 2.02 bits per heavy atom. The molecule has 4 atom stereocenters. The molecule has 0 spiro atoms. The van der Waals surface area contributed by atoms with Crippen molar-refractivity contribution in [3.63, 3.8) is 0 Å². The first-order valence-electron chi connectivity index (χ1n) is 18.4. The summed E-state index contributed by atoms with van der Waals surface area (Å²) in [4.78, 5) is 69.7. The number of Topliss-reactive ketones (excluding diaryl/α,β-unsaturated/α-hetero) is 1. The number of carbonyl (C=O) groups excluding carboxylic acids is 5. The number of hydrogen-bond donors (Lipinski definition) is 4. The summed E-state index contributed by atoms with van der Waals surface area (Å²) in [6.07, 6.45) is 7.51. The summed E-state index contributed by atoms with van der Waals surface area (Å²) in [6, 6.07) is -3.55. The Hall–Kier alpha value is -2.70. The van der Waals surface area contributed by atoms with Gasteiger partial charge in [0.1, 0.15) is 12.1 Å². The van der Waals surface area contributed by atoms with Gasteiger partial charge in [0.15, 0.2) is 9.84 Å². The Kier molecular flexibility index (Phi) is 13.4. The SMILES string of the molecule is CCCCC(NC(=O)[C@@H]1C(C(C)C)CCN1C(=O)[C@@H](NC(=O)NC1(CS(=O)(=O)C(C)(C)C)CCCCC1)C(C)(C)C)C(=O)C(=O)NC1CC1. The Bertz CT molecular complexity index is 1320. The molecule has 49 heavy (non-hydrogen) atoms. The lowest BCUT2D eigenvalue weighted by Crippen LogP contribution is -2.64. The van der Waals surface area contributed by atoms with Gasteiger partial charge in [-0.15, -0.1) is 0 Å². The van der Waals surface area contributed by atoms with Gasteiger partial charge < -0.3 is 26.2 Å². The van der Waals surface area contributed by atoms with E-state index in [0.29, 0.717) is 38.6 Å².